The molecule has 0 aliphatic heterocycles. The molecule has 0 saturated heterocycles. The molecular weight excluding hydrogens is 186 g/mol. The number of nitrogens with two attached hydrogens (primary N) is 1. The molecular formula is C12H21N3. The van der Waals surface area contributed by atoms with Crippen LogP contribution in [0.15, 0.2) is 12.5 Å². The van der Waals surface area contributed by atoms with Gasteiger partial charge in [0.2, 0.25) is 0 Å². The Morgan fingerprint density at radius 3 is 2.80 bits per heavy atom. The van der Waals surface area contributed by atoms with Crippen LogP contribution in [0.4, 0.5) is 0 Å². The van der Waals surface area contributed by atoms with Crippen LogP contribution in [-0.4, -0.2) is 16.1 Å². The Morgan fingerprint density at radius 2 is 2.27 bits per heavy atom. The van der Waals surface area contributed by atoms with Crippen molar-refractivity contribution in [3.8, 4) is 0 Å². The molecule has 2 rings (SSSR count). The van der Waals surface area contributed by atoms with E-state index in [0.717, 1.165) is 18.9 Å². The average molecular weight is 207 g/mol. The van der Waals surface area contributed by atoms with E-state index in [-0.39, 0.29) is 0 Å². The lowest BCUT2D eigenvalue weighted by Gasteiger charge is -2.21. The van der Waals surface area contributed by atoms with Gasteiger partial charge in [-0.3, -0.25) is 0 Å². The molecule has 0 spiro atoms. The molecule has 1 aromatic rings. The van der Waals surface area contributed by atoms with Gasteiger partial charge in [-0.1, -0.05) is 13.8 Å². The van der Waals surface area contributed by atoms with Gasteiger partial charge >= 0.3 is 0 Å². The Hall–Kier alpha value is -0.830. The van der Waals surface area contributed by atoms with Gasteiger partial charge in [0.1, 0.15) is 0 Å². The van der Waals surface area contributed by atoms with E-state index >= 15 is 0 Å². The summed E-state index contributed by atoms with van der Waals surface area (Å²) in [5.41, 5.74) is 7.41. The second-order valence-electron chi connectivity index (χ2n) is 5.07. The molecule has 2 N–H and O–H groups in total. The normalized spacial score (nSPS) is 18.4. The third kappa shape index (κ3) is 2.07. The maximum absolute atomic E-state index is 5.59. The van der Waals surface area contributed by atoms with Gasteiger partial charge in [-0.05, 0) is 30.7 Å². The van der Waals surface area contributed by atoms with E-state index in [1.165, 1.54) is 18.5 Å². The average Bonchev–Trinajstić information content (AvgIpc) is 2.85. The highest BCUT2D eigenvalue weighted by molar-refractivity contribution is 5.03. The zero-order valence-corrected chi connectivity index (χ0v) is 9.74. The smallest absolute Gasteiger partial charge is 0.0948 e. The van der Waals surface area contributed by atoms with Crippen LogP contribution in [0.25, 0.3) is 0 Å². The van der Waals surface area contributed by atoms with Gasteiger partial charge in [0.15, 0.2) is 0 Å². The van der Waals surface area contributed by atoms with Gasteiger partial charge in [0, 0.05) is 24.9 Å². The van der Waals surface area contributed by atoms with E-state index in [0.29, 0.717) is 12.0 Å². The van der Waals surface area contributed by atoms with E-state index in [1.807, 2.05) is 12.5 Å². The summed E-state index contributed by atoms with van der Waals surface area (Å²) in [5, 5.41) is 0. The van der Waals surface area contributed by atoms with Crippen molar-refractivity contribution in [3.63, 3.8) is 0 Å². The molecule has 1 aliphatic rings. The minimum Gasteiger partial charge on any atom is -0.334 e. The molecule has 0 radical (unpaired) electrons. The molecule has 0 aromatic carbocycles. The van der Waals surface area contributed by atoms with Crippen LogP contribution in [-0.2, 0) is 13.0 Å². The quantitative estimate of drug-likeness (QED) is 0.800. The van der Waals surface area contributed by atoms with Gasteiger partial charge in [-0.25, -0.2) is 4.98 Å². The van der Waals surface area contributed by atoms with Crippen molar-refractivity contribution in [3.05, 3.63) is 18.2 Å². The highest BCUT2D eigenvalue weighted by Gasteiger charge is 2.45. The molecule has 1 aromatic heterocycles. The molecule has 15 heavy (non-hydrogen) atoms. The Morgan fingerprint density at radius 1 is 1.53 bits per heavy atom. The topological polar surface area (TPSA) is 43.8 Å². The Labute approximate surface area is 91.7 Å². The van der Waals surface area contributed by atoms with Gasteiger partial charge in [0.05, 0.1) is 6.33 Å². The predicted octanol–water partition coefficient (Wildman–Crippen LogP) is 1.82. The van der Waals surface area contributed by atoms with Gasteiger partial charge in [-0.15, -0.1) is 0 Å². The molecule has 0 unspecified atom stereocenters. The third-order valence-electron chi connectivity index (χ3n) is 3.80. The van der Waals surface area contributed by atoms with E-state index < -0.39 is 0 Å². The Kier molecular flexibility index (Phi) is 2.83. The fraction of sp³-hybridized carbons (Fsp3) is 0.750. The monoisotopic (exact) mass is 207 g/mol. The second kappa shape index (κ2) is 3.97. The fourth-order valence-corrected chi connectivity index (χ4v) is 2.26. The van der Waals surface area contributed by atoms with E-state index in [2.05, 4.69) is 23.4 Å². The van der Waals surface area contributed by atoms with Crippen molar-refractivity contribution < 1.29 is 0 Å². The first-order chi connectivity index (χ1) is 7.18. The maximum Gasteiger partial charge on any atom is 0.0948 e. The van der Waals surface area contributed by atoms with Crippen LogP contribution in [0.1, 0.15) is 32.4 Å². The van der Waals surface area contributed by atoms with Crippen LogP contribution in [0.5, 0.6) is 0 Å². The van der Waals surface area contributed by atoms with Crippen LogP contribution >= 0.6 is 0 Å². The molecule has 3 nitrogen and oxygen atoms in total. The molecule has 1 saturated carbocycles. The second-order valence-corrected chi connectivity index (χ2v) is 5.07. The molecule has 1 aliphatic carbocycles. The summed E-state index contributed by atoms with van der Waals surface area (Å²) < 4.78 is 2.29. The summed E-state index contributed by atoms with van der Waals surface area (Å²) in [4.78, 5) is 4.22. The SMILES string of the molecule is CC(C)C1(Cn2cncc2CCN)CC1. The fourth-order valence-electron chi connectivity index (χ4n) is 2.26. The lowest BCUT2D eigenvalue weighted by Crippen LogP contribution is -2.19. The van der Waals surface area contributed by atoms with Gasteiger partial charge < -0.3 is 10.3 Å². The van der Waals surface area contributed by atoms with Crippen LogP contribution < -0.4 is 5.73 Å². The van der Waals surface area contributed by atoms with Crippen LogP contribution in [0.2, 0.25) is 0 Å². The minimum atomic E-state index is 0.546. The number of hydrogen-bond donors (Lipinski definition) is 1. The van der Waals surface area contributed by atoms with E-state index in [4.69, 9.17) is 5.73 Å². The van der Waals surface area contributed by atoms with Crippen LogP contribution in [0, 0.1) is 11.3 Å². The van der Waals surface area contributed by atoms with Gasteiger partial charge in [0.25, 0.3) is 0 Å². The van der Waals surface area contributed by atoms with Crippen LogP contribution in [0.3, 0.4) is 0 Å². The van der Waals surface area contributed by atoms with Crippen molar-refractivity contribution in [1.82, 2.24) is 9.55 Å². The summed E-state index contributed by atoms with van der Waals surface area (Å²) >= 11 is 0. The Bertz CT molecular complexity index is 323. The highest BCUT2D eigenvalue weighted by Crippen LogP contribution is 2.53. The molecule has 1 fully saturated rings. The summed E-state index contributed by atoms with van der Waals surface area (Å²) in [5.74, 6) is 0.769. The zero-order chi connectivity index (χ0) is 10.9. The molecule has 0 atom stereocenters. The Balaban J connectivity index is 2.07. The number of aromatic nitrogens is 2. The number of rotatable bonds is 5. The summed E-state index contributed by atoms with van der Waals surface area (Å²) in [6.45, 7) is 6.49. The van der Waals surface area contributed by atoms with E-state index in [9.17, 15) is 0 Å². The highest BCUT2D eigenvalue weighted by atomic mass is 15.1. The summed E-state index contributed by atoms with van der Waals surface area (Å²) in [6.07, 6.45) is 7.57. The maximum atomic E-state index is 5.59. The first kappa shape index (κ1) is 10.7. The minimum absolute atomic E-state index is 0.546. The standard InChI is InChI=1S/C12H21N3/c1-10(2)12(4-5-12)8-15-9-14-7-11(15)3-6-13/h7,9-10H,3-6,8,13H2,1-2H3. The van der Waals surface area contributed by atoms with Crippen molar-refractivity contribution in [1.29, 1.82) is 0 Å². The van der Waals surface area contributed by atoms with Crippen molar-refractivity contribution >= 4 is 0 Å². The zero-order valence-electron chi connectivity index (χ0n) is 9.74. The number of imidazole rings is 1. The van der Waals surface area contributed by atoms with Crippen molar-refractivity contribution in [2.45, 2.75) is 39.7 Å². The summed E-state index contributed by atoms with van der Waals surface area (Å²) in [6, 6.07) is 0. The van der Waals surface area contributed by atoms with E-state index in [1.54, 1.807) is 0 Å². The molecule has 1 heterocycles. The number of nitrogens with zero attached hydrogens (tertiary/aromatic N) is 2. The predicted molar refractivity (Wildman–Crippen MR) is 61.5 cm³/mol. The molecule has 84 valence electrons. The molecule has 3 heteroatoms. The first-order valence-electron chi connectivity index (χ1n) is 5.87. The van der Waals surface area contributed by atoms with Crippen molar-refractivity contribution in [2.75, 3.05) is 6.54 Å². The lowest BCUT2D eigenvalue weighted by molar-refractivity contribution is 0.305. The number of hydrogen-bond acceptors (Lipinski definition) is 2. The van der Waals surface area contributed by atoms with Gasteiger partial charge in [-0.2, -0.15) is 0 Å². The largest absolute Gasteiger partial charge is 0.334 e. The first-order valence-corrected chi connectivity index (χ1v) is 5.87. The lowest BCUT2D eigenvalue weighted by atomic mass is 9.92. The summed E-state index contributed by atoms with van der Waals surface area (Å²) in [7, 11) is 0. The molecule has 0 bridgehead atoms. The molecule has 0 amide bonds. The third-order valence-corrected chi connectivity index (χ3v) is 3.80. The van der Waals surface area contributed by atoms with Crippen molar-refractivity contribution in [2.24, 2.45) is 17.1 Å².